The summed E-state index contributed by atoms with van der Waals surface area (Å²) in [6, 6.07) is 10.9. The van der Waals surface area contributed by atoms with Gasteiger partial charge >= 0.3 is 0 Å². The van der Waals surface area contributed by atoms with E-state index in [0.717, 1.165) is 5.56 Å². The van der Waals surface area contributed by atoms with Crippen molar-refractivity contribution in [1.29, 1.82) is 0 Å². The van der Waals surface area contributed by atoms with Gasteiger partial charge in [0.05, 0.1) is 5.56 Å². The molecule has 0 spiro atoms. The van der Waals surface area contributed by atoms with Gasteiger partial charge in [-0.2, -0.15) is 0 Å². The maximum atomic E-state index is 13.9. The van der Waals surface area contributed by atoms with E-state index in [1.165, 1.54) is 6.92 Å². The number of aliphatic hydroxyl groups excluding tert-OH is 3. The first-order valence-corrected chi connectivity index (χ1v) is 12.5. The second kappa shape index (κ2) is 11.1. The van der Waals surface area contributed by atoms with Gasteiger partial charge in [0.25, 0.3) is 5.91 Å². The van der Waals surface area contributed by atoms with E-state index in [2.05, 4.69) is 5.32 Å². The first-order chi connectivity index (χ1) is 18.5. The Labute approximate surface area is 224 Å². The Bertz CT molecular complexity index is 1420. The topological polar surface area (TPSA) is 187 Å². The number of Topliss-reactive ketones (excluding diaryl/α,β-unsaturated/α-hetero) is 2. The average Bonchev–Trinajstić information content (AvgIpc) is 2.87. The number of allylic oxidation sites excluding steroid dienone is 2. The molecule has 0 aromatic heterocycles. The number of aliphatic hydroxyl groups is 3. The molecule has 2 aliphatic carbocycles. The van der Waals surface area contributed by atoms with Crippen molar-refractivity contribution in [2.24, 2.45) is 17.6 Å². The first-order valence-electron chi connectivity index (χ1n) is 12.5. The number of nitrogens with one attached hydrogen (secondary N) is 1. The lowest BCUT2D eigenvalue weighted by molar-refractivity contribution is -0.122. The van der Waals surface area contributed by atoms with Crippen molar-refractivity contribution in [3.8, 4) is 16.9 Å². The smallest absolute Gasteiger partial charge is 0.255 e. The van der Waals surface area contributed by atoms with Gasteiger partial charge in [-0.3, -0.25) is 19.2 Å². The number of nitrogens with two attached hydrogens (primary N) is 1. The van der Waals surface area contributed by atoms with E-state index in [1.54, 1.807) is 6.07 Å². The molecule has 0 bridgehead atoms. The number of rotatable bonds is 7. The monoisotopic (exact) mass is 534 g/mol. The van der Waals surface area contributed by atoms with Crippen molar-refractivity contribution in [3.05, 3.63) is 75.8 Å². The number of primary amides is 1. The third-order valence-corrected chi connectivity index (χ3v) is 7.28. The molecule has 2 amide bonds. The van der Waals surface area contributed by atoms with E-state index in [1.807, 2.05) is 30.3 Å². The van der Waals surface area contributed by atoms with Crippen molar-refractivity contribution in [3.63, 3.8) is 0 Å². The molecule has 10 heteroatoms. The van der Waals surface area contributed by atoms with Gasteiger partial charge in [-0.05, 0) is 47.4 Å². The molecule has 39 heavy (non-hydrogen) atoms. The molecule has 2 aromatic rings. The number of benzene rings is 2. The Kier molecular flexibility index (Phi) is 7.87. The zero-order valence-corrected chi connectivity index (χ0v) is 21.4. The van der Waals surface area contributed by atoms with Crippen LogP contribution in [0.3, 0.4) is 0 Å². The van der Waals surface area contributed by atoms with Crippen molar-refractivity contribution < 1.29 is 39.6 Å². The molecule has 0 saturated heterocycles. The van der Waals surface area contributed by atoms with Crippen LogP contribution < -0.4 is 11.1 Å². The molecule has 4 rings (SSSR count). The van der Waals surface area contributed by atoms with Crippen LogP contribution in [0.4, 0.5) is 0 Å². The lowest BCUT2D eigenvalue weighted by atomic mass is 9.70. The van der Waals surface area contributed by atoms with Crippen molar-refractivity contribution >= 4 is 23.4 Å². The van der Waals surface area contributed by atoms with Gasteiger partial charge in [0.2, 0.25) is 5.91 Å². The first kappa shape index (κ1) is 27.6. The van der Waals surface area contributed by atoms with Gasteiger partial charge in [-0.1, -0.05) is 30.3 Å². The zero-order chi connectivity index (χ0) is 28.4. The molecular formula is C29H30N2O8. The van der Waals surface area contributed by atoms with Crippen molar-refractivity contribution in [1.82, 2.24) is 5.32 Å². The van der Waals surface area contributed by atoms with Crippen LogP contribution >= 0.6 is 0 Å². The Morgan fingerprint density at radius 3 is 2.36 bits per heavy atom. The Hall–Kier alpha value is -4.44. The summed E-state index contributed by atoms with van der Waals surface area (Å²) in [5, 5.41) is 44.4. The number of carbonyl (C=O) groups is 4. The van der Waals surface area contributed by atoms with Crippen LogP contribution in [0.5, 0.6) is 5.75 Å². The van der Waals surface area contributed by atoms with E-state index in [-0.39, 0.29) is 55.0 Å². The standard InChI is InChI=1S/C29H30N2O8/c1-14(33)31-12-18-11-19(16-5-3-2-4-6-16)20-10-17(24(23(36)13-32)28(38)25(20)27(18)37)7-15-8-21(34)26(29(30)39)22(35)9-15/h2-6,11,15,17,32,34,36-37H,7-10,12-13H2,1H3,(H2,30,39)(H,31,33)/b24-23-/t15-,17+/m0/s1. The van der Waals surface area contributed by atoms with Gasteiger partial charge < -0.3 is 31.5 Å². The van der Waals surface area contributed by atoms with E-state index in [9.17, 15) is 39.6 Å². The Morgan fingerprint density at radius 2 is 1.77 bits per heavy atom. The largest absolute Gasteiger partial charge is 0.511 e. The maximum absolute atomic E-state index is 13.9. The molecule has 0 saturated carbocycles. The Morgan fingerprint density at radius 1 is 1.08 bits per heavy atom. The Balaban J connectivity index is 1.83. The summed E-state index contributed by atoms with van der Waals surface area (Å²) in [5.41, 5.74) is 6.94. The molecule has 0 radical (unpaired) electrons. The quantitative estimate of drug-likeness (QED) is 0.178. The van der Waals surface area contributed by atoms with Crippen LogP contribution in [0.25, 0.3) is 11.1 Å². The van der Waals surface area contributed by atoms with Crippen LogP contribution in [-0.2, 0) is 27.3 Å². The average molecular weight is 535 g/mol. The summed E-state index contributed by atoms with van der Waals surface area (Å²) in [6.45, 7) is 0.484. The highest BCUT2D eigenvalue weighted by molar-refractivity contribution is 6.19. The van der Waals surface area contributed by atoms with Crippen LogP contribution in [0, 0.1) is 11.8 Å². The fourth-order valence-electron chi connectivity index (χ4n) is 5.60. The summed E-state index contributed by atoms with van der Waals surface area (Å²) >= 11 is 0. The number of phenols is 1. The molecule has 204 valence electrons. The van der Waals surface area contributed by atoms with Gasteiger partial charge in [0.15, 0.2) is 11.6 Å². The van der Waals surface area contributed by atoms with Crippen LogP contribution in [-0.4, -0.2) is 50.4 Å². The highest BCUT2D eigenvalue weighted by atomic mass is 16.3. The van der Waals surface area contributed by atoms with E-state index >= 15 is 0 Å². The lowest BCUT2D eigenvalue weighted by Gasteiger charge is -2.33. The van der Waals surface area contributed by atoms with Crippen molar-refractivity contribution in [2.45, 2.75) is 39.2 Å². The van der Waals surface area contributed by atoms with Gasteiger partial charge in [-0.25, -0.2) is 0 Å². The molecule has 0 unspecified atom stereocenters. The van der Waals surface area contributed by atoms with Gasteiger partial charge in [0, 0.05) is 37.4 Å². The number of hydrogen-bond donors (Lipinski definition) is 6. The number of fused-ring (bicyclic) bond motifs is 1. The number of phenolic OH excluding ortho intramolecular Hbond substituents is 1. The number of amides is 2. The van der Waals surface area contributed by atoms with E-state index < -0.39 is 53.0 Å². The third kappa shape index (κ3) is 5.42. The molecule has 0 heterocycles. The fraction of sp³-hybridized carbons (Fsp3) is 0.310. The second-order valence-electron chi connectivity index (χ2n) is 9.93. The minimum atomic E-state index is -1.01. The number of aromatic hydroxyl groups is 1. The van der Waals surface area contributed by atoms with Crippen LogP contribution in [0.2, 0.25) is 0 Å². The molecule has 7 N–H and O–H groups in total. The van der Waals surface area contributed by atoms with Gasteiger partial charge in [0.1, 0.15) is 29.4 Å². The second-order valence-corrected chi connectivity index (χ2v) is 9.93. The summed E-state index contributed by atoms with van der Waals surface area (Å²) < 4.78 is 0. The minimum Gasteiger partial charge on any atom is -0.511 e. The molecule has 0 aliphatic heterocycles. The van der Waals surface area contributed by atoms with Crippen LogP contribution in [0.1, 0.15) is 47.7 Å². The predicted octanol–water partition coefficient (Wildman–Crippen LogP) is 2.52. The number of ketones is 2. The minimum absolute atomic E-state index is 0.0127. The van der Waals surface area contributed by atoms with E-state index in [0.29, 0.717) is 16.7 Å². The molecule has 2 atom stereocenters. The highest BCUT2D eigenvalue weighted by Gasteiger charge is 2.40. The lowest BCUT2D eigenvalue weighted by Crippen LogP contribution is -2.32. The number of carbonyl (C=O) groups excluding carboxylic acids is 4. The summed E-state index contributed by atoms with van der Waals surface area (Å²) in [7, 11) is 0. The molecule has 0 fully saturated rings. The van der Waals surface area contributed by atoms with Gasteiger partial charge in [-0.15, -0.1) is 0 Å². The normalized spacial score (nSPS) is 20.5. The fourth-order valence-corrected chi connectivity index (χ4v) is 5.60. The molecular weight excluding hydrogens is 504 g/mol. The predicted molar refractivity (Wildman–Crippen MR) is 141 cm³/mol. The van der Waals surface area contributed by atoms with Crippen LogP contribution in [0.15, 0.2) is 59.1 Å². The third-order valence-electron chi connectivity index (χ3n) is 7.28. The maximum Gasteiger partial charge on any atom is 0.255 e. The molecule has 2 aliphatic rings. The van der Waals surface area contributed by atoms with Crippen molar-refractivity contribution in [2.75, 3.05) is 6.61 Å². The molecule has 2 aromatic carbocycles. The summed E-state index contributed by atoms with van der Waals surface area (Å²) in [4.78, 5) is 49.5. The summed E-state index contributed by atoms with van der Waals surface area (Å²) in [5.74, 6) is -5.02. The number of hydrogen-bond acceptors (Lipinski definition) is 8. The SMILES string of the molecule is CC(=O)NCc1cc(-c2ccccc2)c2c(c1O)C(=O)/C(=C(\O)CO)[C@H](C[C@@H]1CC(=O)C(C(N)=O)=C(O)C1)C2. The van der Waals surface area contributed by atoms with E-state index in [4.69, 9.17) is 5.73 Å². The zero-order valence-electron chi connectivity index (χ0n) is 21.4. The molecule has 10 nitrogen and oxygen atoms in total. The summed E-state index contributed by atoms with van der Waals surface area (Å²) in [6.07, 6.45) is 0.256. The highest BCUT2D eigenvalue weighted by Crippen LogP contribution is 2.45.